The summed E-state index contributed by atoms with van der Waals surface area (Å²) in [7, 11) is 2.42. The summed E-state index contributed by atoms with van der Waals surface area (Å²) < 4.78 is 9.63. The lowest BCUT2D eigenvalue weighted by Crippen LogP contribution is -2.45. The minimum Gasteiger partial charge on any atom is -0.868 e. The number of hydrogen-bond donors (Lipinski definition) is 2. The van der Waals surface area contributed by atoms with Crippen molar-refractivity contribution in [2.75, 3.05) is 14.2 Å². The monoisotopic (exact) mass is 336 g/mol. The summed E-state index contributed by atoms with van der Waals surface area (Å²) in [6.45, 7) is 1.46. The average Bonchev–Trinajstić information content (AvgIpc) is 2.53. The van der Waals surface area contributed by atoms with Crippen LogP contribution in [0.15, 0.2) is 23.4 Å². The van der Waals surface area contributed by atoms with Gasteiger partial charge in [-0.25, -0.2) is 9.59 Å². The number of allylic oxidation sites excluding steroid dienone is 1. The first kappa shape index (κ1) is 17.1. The number of nitrogens with zero attached hydrogens (tertiary/aromatic N) is 1. The maximum Gasteiger partial charge on any atom is 0.337 e. The fourth-order valence-corrected chi connectivity index (χ4v) is 2.38. The van der Waals surface area contributed by atoms with Gasteiger partial charge in [-0.1, -0.05) is 0 Å². The van der Waals surface area contributed by atoms with E-state index in [0.717, 1.165) is 13.2 Å². The van der Waals surface area contributed by atoms with Gasteiger partial charge in [0.1, 0.15) is 5.75 Å². The second-order valence-corrected chi connectivity index (χ2v) is 4.88. The van der Waals surface area contributed by atoms with Crippen molar-refractivity contribution in [3.63, 3.8) is 0 Å². The number of ether oxygens (including phenoxy) is 2. The quantitative estimate of drug-likeness (QED) is 0.462. The predicted octanol–water partition coefficient (Wildman–Crippen LogP) is 0.478. The molecule has 1 aliphatic rings. The van der Waals surface area contributed by atoms with Crippen molar-refractivity contribution in [2.45, 2.75) is 13.0 Å². The maximum absolute atomic E-state index is 12.4. The van der Waals surface area contributed by atoms with Crippen LogP contribution in [0.25, 0.3) is 0 Å². The Morgan fingerprint density at radius 3 is 2.54 bits per heavy atom. The lowest BCUT2D eigenvalue weighted by molar-refractivity contribution is -0.398. The number of methoxy groups -OCH3 is 2. The second-order valence-electron chi connectivity index (χ2n) is 4.88. The number of rotatable bonds is 4. The Morgan fingerprint density at radius 1 is 1.33 bits per heavy atom. The van der Waals surface area contributed by atoms with E-state index in [2.05, 4.69) is 15.4 Å². The van der Waals surface area contributed by atoms with E-state index in [1.54, 1.807) is 0 Å². The number of carbonyl (C=O) groups excluding carboxylic acids is 2. The third-order valence-corrected chi connectivity index (χ3v) is 3.49. The molecular formula is C14H14N3O7-. The van der Waals surface area contributed by atoms with Crippen molar-refractivity contribution in [2.24, 2.45) is 0 Å². The zero-order chi connectivity index (χ0) is 18.0. The lowest BCUT2D eigenvalue weighted by atomic mass is 9.94. The Morgan fingerprint density at radius 2 is 2.00 bits per heavy atom. The molecule has 10 heteroatoms. The van der Waals surface area contributed by atoms with Crippen molar-refractivity contribution in [3.8, 4) is 11.5 Å². The first-order valence-electron chi connectivity index (χ1n) is 6.70. The molecule has 0 aromatic heterocycles. The molecule has 0 saturated heterocycles. The normalized spacial score (nSPS) is 17.0. The van der Waals surface area contributed by atoms with Crippen LogP contribution < -0.4 is 20.5 Å². The van der Waals surface area contributed by atoms with Crippen molar-refractivity contribution in [1.82, 2.24) is 10.6 Å². The summed E-state index contributed by atoms with van der Waals surface area (Å²) in [5.41, 5.74) is -0.744. The first-order chi connectivity index (χ1) is 11.3. The van der Waals surface area contributed by atoms with Gasteiger partial charge in [-0.2, -0.15) is 0 Å². The molecule has 0 spiro atoms. The topological polar surface area (TPSA) is 143 Å². The van der Waals surface area contributed by atoms with Gasteiger partial charge in [0.05, 0.1) is 36.8 Å². The molecule has 2 N–H and O–H groups in total. The van der Waals surface area contributed by atoms with Crippen molar-refractivity contribution in [3.05, 3.63) is 39.1 Å². The van der Waals surface area contributed by atoms with Gasteiger partial charge in [-0.05, 0) is 24.3 Å². The smallest absolute Gasteiger partial charge is 0.337 e. The van der Waals surface area contributed by atoms with Gasteiger partial charge in [-0.3, -0.25) is 10.1 Å². The minimum absolute atomic E-state index is 0.0308. The third kappa shape index (κ3) is 2.93. The van der Waals surface area contributed by atoms with Crippen LogP contribution >= 0.6 is 0 Å². The van der Waals surface area contributed by atoms with E-state index in [1.165, 1.54) is 20.1 Å². The zero-order valence-corrected chi connectivity index (χ0v) is 13.0. The van der Waals surface area contributed by atoms with Crippen molar-refractivity contribution < 1.29 is 29.1 Å². The number of benzene rings is 1. The number of esters is 1. The maximum atomic E-state index is 12.4. The summed E-state index contributed by atoms with van der Waals surface area (Å²) in [5, 5.41) is 28.3. The van der Waals surface area contributed by atoms with E-state index in [4.69, 9.17) is 4.74 Å². The van der Waals surface area contributed by atoms with Crippen LogP contribution in [0.2, 0.25) is 0 Å². The minimum atomic E-state index is -1.20. The summed E-state index contributed by atoms with van der Waals surface area (Å²) in [5.74, 6) is -1.66. The van der Waals surface area contributed by atoms with Gasteiger partial charge in [0.2, 0.25) is 0 Å². The molecular weight excluding hydrogens is 322 g/mol. The van der Waals surface area contributed by atoms with Gasteiger partial charge in [0.25, 0.3) is 5.69 Å². The number of amides is 2. The van der Waals surface area contributed by atoms with E-state index in [9.17, 15) is 24.8 Å². The lowest BCUT2D eigenvalue weighted by Gasteiger charge is -2.30. The number of carbonyl (C=O) groups is 2. The summed E-state index contributed by atoms with van der Waals surface area (Å²) in [6, 6.07) is 0.354. The second kappa shape index (κ2) is 6.44. The number of urea groups is 1. The molecule has 0 saturated carbocycles. The molecule has 0 unspecified atom stereocenters. The molecule has 10 nitrogen and oxygen atoms in total. The summed E-state index contributed by atoms with van der Waals surface area (Å²) >= 11 is 0. The number of nitro benzene ring substituents is 1. The molecule has 1 aromatic carbocycles. The summed E-state index contributed by atoms with van der Waals surface area (Å²) in [4.78, 5) is 34.0. The molecule has 2 amide bonds. The van der Waals surface area contributed by atoms with Crippen LogP contribution in [0.4, 0.5) is 10.5 Å². The van der Waals surface area contributed by atoms with Crippen LogP contribution in [0, 0.1) is 10.1 Å². The highest BCUT2D eigenvalue weighted by Gasteiger charge is 2.33. The summed E-state index contributed by atoms with van der Waals surface area (Å²) in [6.07, 6.45) is 0. The fraction of sp³-hybridized carbons (Fsp3) is 0.286. The van der Waals surface area contributed by atoms with Crippen molar-refractivity contribution >= 4 is 17.7 Å². The molecule has 1 aromatic rings. The highest BCUT2D eigenvalue weighted by atomic mass is 16.6. The molecule has 24 heavy (non-hydrogen) atoms. The molecule has 0 fully saturated rings. The third-order valence-electron chi connectivity index (χ3n) is 3.49. The van der Waals surface area contributed by atoms with Gasteiger partial charge in [0.15, 0.2) is 0 Å². The predicted molar refractivity (Wildman–Crippen MR) is 78.2 cm³/mol. The Labute approximate surface area is 136 Å². The molecule has 1 aliphatic heterocycles. The first-order valence-corrected chi connectivity index (χ1v) is 6.70. The highest BCUT2D eigenvalue weighted by molar-refractivity contribution is 5.95. The van der Waals surface area contributed by atoms with Gasteiger partial charge in [0, 0.05) is 5.70 Å². The Bertz CT molecular complexity index is 757. The highest BCUT2D eigenvalue weighted by Crippen LogP contribution is 2.39. The number of nitrogens with one attached hydrogen (secondary N) is 2. The number of hydrogen-bond acceptors (Lipinski definition) is 7. The standard InChI is InChI=1S/C14H15N3O7/c1-6-10(13(19)24-3)11(16-14(20)15-6)8-4-7(23-2)5-9(12(8)18)17(21)22/h4-5,11,18H,1-3H3,(H2,15,16,20)/p-1/t11-/m0/s1. The zero-order valence-electron chi connectivity index (χ0n) is 13.0. The van der Waals surface area contributed by atoms with Crippen LogP contribution in [-0.2, 0) is 9.53 Å². The average molecular weight is 336 g/mol. The van der Waals surface area contributed by atoms with Crippen molar-refractivity contribution in [1.29, 1.82) is 0 Å². The van der Waals surface area contributed by atoms with Crippen LogP contribution in [0.3, 0.4) is 0 Å². The van der Waals surface area contributed by atoms with Gasteiger partial charge >= 0.3 is 12.0 Å². The van der Waals surface area contributed by atoms with E-state index in [1.807, 2.05) is 0 Å². The largest absolute Gasteiger partial charge is 0.868 e. The Kier molecular flexibility index (Phi) is 4.58. The fourth-order valence-electron chi connectivity index (χ4n) is 2.38. The van der Waals surface area contributed by atoms with Crippen LogP contribution in [0.5, 0.6) is 11.5 Å². The Balaban J connectivity index is 2.70. The number of nitro groups is 1. The van der Waals surface area contributed by atoms with Crippen LogP contribution in [0.1, 0.15) is 18.5 Å². The Hall–Kier alpha value is -3.30. The molecule has 0 aliphatic carbocycles. The SMILES string of the molecule is COC(=O)C1=C(C)NC(=O)N[C@H]1c1cc(OC)cc([N+](=O)[O-])c1[O-]. The molecule has 2 rings (SSSR count). The molecule has 1 heterocycles. The van der Waals surface area contributed by atoms with E-state index >= 15 is 0 Å². The molecule has 1 atom stereocenters. The van der Waals surface area contributed by atoms with E-state index in [-0.39, 0.29) is 22.6 Å². The van der Waals surface area contributed by atoms with Gasteiger partial charge in [-0.15, -0.1) is 0 Å². The molecule has 0 bridgehead atoms. The van der Waals surface area contributed by atoms with E-state index < -0.39 is 34.4 Å². The van der Waals surface area contributed by atoms with E-state index in [0.29, 0.717) is 0 Å². The molecule has 0 radical (unpaired) electrons. The van der Waals surface area contributed by atoms with Crippen LogP contribution in [-0.4, -0.2) is 31.1 Å². The van der Waals surface area contributed by atoms with Gasteiger partial charge < -0.3 is 25.2 Å². The molecule has 128 valence electrons.